The molecule has 0 aliphatic carbocycles. The average molecular weight is 428 g/mol. The monoisotopic (exact) mass is 427 g/mol. The molecule has 1 fully saturated rings. The molecule has 2 aliphatic heterocycles. The molecule has 1 amide bonds. The molecule has 2 aromatic carbocycles. The van der Waals surface area contributed by atoms with Crippen LogP contribution in [0, 0.1) is 13.8 Å². The molecule has 0 spiro atoms. The van der Waals surface area contributed by atoms with Crippen molar-refractivity contribution in [1.29, 1.82) is 0 Å². The number of benzene rings is 2. The van der Waals surface area contributed by atoms with Crippen LogP contribution in [0.5, 0.6) is 0 Å². The molecule has 0 radical (unpaired) electrons. The van der Waals surface area contributed by atoms with Crippen molar-refractivity contribution in [2.45, 2.75) is 38.1 Å². The largest absolute Gasteiger partial charge is 0.310 e. The Hall–Kier alpha value is -2.22. The van der Waals surface area contributed by atoms with Gasteiger partial charge in [0.2, 0.25) is 15.9 Å². The van der Waals surface area contributed by atoms with Crippen LogP contribution in [-0.2, 0) is 21.2 Å². The molecule has 0 aromatic heterocycles. The molecule has 0 N–H and O–H groups in total. The quantitative estimate of drug-likeness (QED) is 0.753. The summed E-state index contributed by atoms with van der Waals surface area (Å²) in [4.78, 5) is 17.5. The van der Waals surface area contributed by atoms with Crippen LogP contribution in [0.3, 0.4) is 0 Å². The van der Waals surface area contributed by atoms with Gasteiger partial charge in [-0.3, -0.25) is 9.69 Å². The highest BCUT2D eigenvalue weighted by molar-refractivity contribution is 7.89. The SMILES string of the molecule is Cc1ccc(C)c(S(=O)(=O)N2CCN(C(C)C(=O)N3CCc4ccccc43)CC2)c1. The van der Waals surface area contributed by atoms with Gasteiger partial charge in [-0.2, -0.15) is 4.31 Å². The smallest absolute Gasteiger partial charge is 0.244 e. The lowest BCUT2D eigenvalue weighted by Gasteiger charge is -2.38. The van der Waals surface area contributed by atoms with E-state index in [-0.39, 0.29) is 11.9 Å². The van der Waals surface area contributed by atoms with E-state index in [1.165, 1.54) is 5.56 Å². The molecule has 160 valence electrons. The Labute approximate surface area is 179 Å². The summed E-state index contributed by atoms with van der Waals surface area (Å²) < 4.78 is 27.8. The van der Waals surface area contributed by atoms with E-state index in [0.29, 0.717) is 37.6 Å². The topological polar surface area (TPSA) is 60.9 Å². The lowest BCUT2D eigenvalue weighted by Crippen LogP contribution is -2.55. The summed E-state index contributed by atoms with van der Waals surface area (Å²) >= 11 is 0. The van der Waals surface area contributed by atoms with Crippen molar-refractivity contribution in [3.63, 3.8) is 0 Å². The Kier molecular flexibility index (Phi) is 5.70. The fraction of sp³-hybridized carbons (Fsp3) is 0.435. The maximum atomic E-state index is 13.1. The zero-order valence-electron chi connectivity index (χ0n) is 17.8. The van der Waals surface area contributed by atoms with Gasteiger partial charge in [0.1, 0.15) is 0 Å². The third-order valence-electron chi connectivity index (χ3n) is 6.29. The van der Waals surface area contributed by atoms with Crippen molar-refractivity contribution >= 4 is 21.6 Å². The minimum Gasteiger partial charge on any atom is -0.310 e. The van der Waals surface area contributed by atoms with Crippen molar-refractivity contribution in [2.75, 3.05) is 37.6 Å². The molecule has 7 heteroatoms. The second kappa shape index (κ2) is 8.13. The van der Waals surface area contributed by atoms with Crippen LogP contribution >= 0.6 is 0 Å². The van der Waals surface area contributed by atoms with Crippen molar-refractivity contribution in [2.24, 2.45) is 0 Å². The van der Waals surface area contributed by atoms with Gasteiger partial charge in [0, 0.05) is 38.4 Å². The van der Waals surface area contributed by atoms with Gasteiger partial charge in [0.05, 0.1) is 10.9 Å². The molecule has 1 unspecified atom stereocenters. The van der Waals surface area contributed by atoms with E-state index in [9.17, 15) is 13.2 Å². The van der Waals surface area contributed by atoms with Crippen molar-refractivity contribution < 1.29 is 13.2 Å². The van der Waals surface area contributed by atoms with E-state index < -0.39 is 10.0 Å². The first-order valence-corrected chi connectivity index (χ1v) is 11.9. The molecule has 0 bridgehead atoms. The summed E-state index contributed by atoms with van der Waals surface area (Å²) in [6.45, 7) is 8.26. The Morgan fingerprint density at radius 1 is 0.967 bits per heavy atom. The number of nitrogens with zero attached hydrogens (tertiary/aromatic N) is 3. The molecule has 30 heavy (non-hydrogen) atoms. The van der Waals surface area contributed by atoms with E-state index in [1.54, 1.807) is 10.4 Å². The Morgan fingerprint density at radius 3 is 2.40 bits per heavy atom. The normalized spacial score (nSPS) is 19.0. The first-order chi connectivity index (χ1) is 14.3. The number of hydrogen-bond donors (Lipinski definition) is 0. The van der Waals surface area contributed by atoms with E-state index in [4.69, 9.17) is 0 Å². The number of carbonyl (C=O) groups is 1. The summed E-state index contributed by atoms with van der Waals surface area (Å²) in [5.74, 6) is 0.0887. The third-order valence-corrected chi connectivity index (χ3v) is 8.33. The number of amides is 1. The van der Waals surface area contributed by atoms with E-state index in [0.717, 1.165) is 23.2 Å². The summed E-state index contributed by atoms with van der Waals surface area (Å²) in [5, 5.41) is 0. The van der Waals surface area contributed by atoms with Crippen LogP contribution in [0.25, 0.3) is 0 Å². The molecular weight excluding hydrogens is 398 g/mol. The predicted octanol–water partition coefficient (Wildman–Crippen LogP) is 2.59. The van der Waals surface area contributed by atoms with E-state index >= 15 is 0 Å². The Balaban J connectivity index is 1.43. The summed E-state index contributed by atoms with van der Waals surface area (Å²) in [5.41, 5.74) is 3.91. The van der Waals surface area contributed by atoms with Gasteiger partial charge in [-0.25, -0.2) is 8.42 Å². The maximum Gasteiger partial charge on any atom is 0.244 e. The minimum atomic E-state index is -3.53. The molecule has 2 aromatic rings. The third kappa shape index (κ3) is 3.77. The minimum absolute atomic E-state index is 0.0887. The summed E-state index contributed by atoms with van der Waals surface area (Å²) in [7, 11) is -3.53. The number of aryl methyl sites for hydroxylation is 2. The number of hydrogen-bond acceptors (Lipinski definition) is 4. The highest BCUT2D eigenvalue weighted by Gasteiger charge is 2.35. The average Bonchev–Trinajstić information content (AvgIpc) is 3.18. The van der Waals surface area contributed by atoms with Gasteiger partial charge < -0.3 is 4.90 Å². The van der Waals surface area contributed by atoms with Crippen LogP contribution in [0.4, 0.5) is 5.69 Å². The van der Waals surface area contributed by atoms with Gasteiger partial charge in [0.15, 0.2) is 0 Å². The van der Waals surface area contributed by atoms with Crippen LogP contribution in [0.1, 0.15) is 23.6 Å². The standard InChI is InChI=1S/C23H29N3O3S/c1-17-8-9-18(2)22(16-17)30(28,29)25-14-12-24(13-15-25)19(3)23(27)26-11-10-20-6-4-5-7-21(20)26/h4-9,16,19H,10-15H2,1-3H3. The molecule has 0 saturated carbocycles. The molecular formula is C23H29N3O3S. The molecule has 2 aliphatic rings. The molecule has 4 rings (SSSR count). The molecule has 1 saturated heterocycles. The second-order valence-electron chi connectivity index (χ2n) is 8.25. The Morgan fingerprint density at radius 2 is 1.67 bits per heavy atom. The summed E-state index contributed by atoms with van der Waals surface area (Å²) in [6.07, 6.45) is 0.885. The lowest BCUT2D eigenvalue weighted by atomic mass is 10.1. The Bertz CT molecular complexity index is 1060. The second-order valence-corrected chi connectivity index (χ2v) is 10.2. The van der Waals surface area contributed by atoms with Gasteiger partial charge in [-0.05, 0) is 56.0 Å². The fourth-order valence-electron chi connectivity index (χ4n) is 4.40. The van der Waals surface area contributed by atoms with E-state index in [2.05, 4.69) is 11.0 Å². The maximum absolute atomic E-state index is 13.1. The number of carbonyl (C=O) groups excluding carboxylic acids is 1. The molecule has 2 heterocycles. The number of anilines is 1. The van der Waals surface area contributed by atoms with Crippen molar-refractivity contribution in [1.82, 2.24) is 9.21 Å². The van der Waals surface area contributed by atoms with Gasteiger partial charge in [0.25, 0.3) is 0 Å². The van der Waals surface area contributed by atoms with Crippen LogP contribution < -0.4 is 4.90 Å². The zero-order chi connectivity index (χ0) is 21.5. The number of para-hydroxylation sites is 1. The number of fused-ring (bicyclic) bond motifs is 1. The van der Waals surface area contributed by atoms with Gasteiger partial charge in [-0.1, -0.05) is 30.3 Å². The highest BCUT2D eigenvalue weighted by atomic mass is 32.2. The zero-order valence-corrected chi connectivity index (χ0v) is 18.7. The highest BCUT2D eigenvalue weighted by Crippen LogP contribution is 2.29. The lowest BCUT2D eigenvalue weighted by molar-refractivity contribution is -0.123. The summed E-state index contributed by atoms with van der Waals surface area (Å²) in [6, 6.07) is 13.3. The molecule has 1 atom stereocenters. The first-order valence-electron chi connectivity index (χ1n) is 10.5. The number of sulfonamides is 1. The number of piperazine rings is 1. The van der Waals surface area contributed by atoms with E-state index in [1.807, 2.05) is 56.0 Å². The number of rotatable bonds is 4. The van der Waals surface area contributed by atoms with Crippen LogP contribution in [-0.4, -0.2) is 62.3 Å². The molecule has 6 nitrogen and oxygen atoms in total. The van der Waals surface area contributed by atoms with Crippen LogP contribution in [0.15, 0.2) is 47.4 Å². The van der Waals surface area contributed by atoms with Crippen molar-refractivity contribution in [3.05, 3.63) is 59.2 Å². The van der Waals surface area contributed by atoms with Gasteiger partial charge >= 0.3 is 0 Å². The first kappa shape index (κ1) is 21.0. The van der Waals surface area contributed by atoms with Gasteiger partial charge in [-0.15, -0.1) is 0 Å². The fourth-order valence-corrected chi connectivity index (χ4v) is 6.14. The van der Waals surface area contributed by atoms with Crippen LogP contribution in [0.2, 0.25) is 0 Å². The predicted molar refractivity (Wildman–Crippen MR) is 118 cm³/mol. The van der Waals surface area contributed by atoms with Crippen molar-refractivity contribution in [3.8, 4) is 0 Å².